The number of hydrogen-bond acceptors (Lipinski definition) is 2. The molecule has 0 aliphatic carbocycles. The van der Waals surface area contributed by atoms with Crippen LogP contribution in [0.15, 0.2) is 82.3 Å². The third-order valence-corrected chi connectivity index (χ3v) is 5.91. The topological polar surface area (TPSA) is 25.5 Å². The van der Waals surface area contributed by atoms with Gasteiger partial charge in [-0.15, -0.1) is 0 Å². The first-order valence-electron chi connectivity index (χ1n) is 11.8. The Bertz CT molecular complexity index is 1270. The number of hydrogen-bond donors (Lipinski definition) is 0. The highest BCUT2D eigenvalue weighted by Crippen LogP contribution is 2.36. The molecule has 4 aromatic rings. The first-order valence-corrected chi connectivity index (χ1v) is 11.8. The Morgan fingerprint density at radius 3 is 2.38 bits per heavy atom. The summed E-state index contributed by atoms with van der Waals surface area (Å²) in [5.74, 6) is 0.540. The van der Waals surface area contributed by atoms with Crippen LogP contribution in [0.5, 0.6) is 0 Å². The van der Waals surface area contributed by atoms with Crippen LogP contribution in [0.1, 0.15) is 58.1 Å². The van der Waals surface area contributed by atoms with Gasteiger partial charge in [0.1, 0.15) is 11.2 Å². The van der Waals surface area contributed by atoms with Crippen molar-refractivity contribution in [2.45, 2.75) is 53.4 Å². The second kappa shape index (κ2) is 9.56. The maximum absolute atomic E-state index is 6.57. The summed E-state index contributed by atoms with van der Waals surface area (Å²) < 4.78 is 6.57. The van der Waals surface area contributed by atoms with Gasteiger partial charge in [0, 0.05) is 22.0 Å². The fourth-order valence-corrected chi connectivity index (χ4v) is 4.50. The van der Waals surface area contributed by atoms with Crippen molar-refractivity contribution in [2.24, 2.45) is 10.9 Å². The Kier molecular flexibility index (Phi) is 6.60. The zero-order valence-electron chi connectivity index (χ0n) is 19.7. The number of benzene rings is 3. The minimum absolute atomic E-state index is 0.540. The van der Waals surface area contributed by atoms with Gasteiger partial charge in [0.25, 0.3) is 0 Å². The maximum Gasteiger partial charge on any atom is 0.144 e. The fraction of sp³-hybridized carbons (Fsp3) is 0.300. The summed E-state index contributed by atoms with van der Waals surface area (Å²) in [7, 11) is 0. The van der Waals surface area contributed by atoms with Gasteiger partial charge in [-0.1, -0.05) is 89.2 Å². The standard InChI is InChI=1S/C30H33NO/c1-6-11-23-14-17-26-25-16-15-24(22-12-9-8-10-13-22)19-28(25)32-30(26)29(23)27(7-2)31-21(5)18-20(3)4/h8-10,12-17,19-20H,5-7,11,18H2,1-4H3/b31-27-. The molecule has 0 unspecified atom stereocenters. The number of rotatable bonds is 8. The number of allylic oxidation sites excluding steroid dienone is 1. The molecule has 0 aliphatic rings. The minimum atomic E-state index is 0.540. The van der Waals surface area contributed by atoms with Gasteiger partial charge in [-0.2, -0.15) is 0 Å². The summed E-state index contributed by atoms with van der Waals surface area (Å²) in [5, 5.41) is 2.31. The molecule has 0 atom stereocenters. The molecular formula is C30H33NO. The van der Waals surface area contributed by atoms with E-state index in [1.54, 1.807) is 0 Å². The summed E-state index contributed by atoms with van der Waals surface area (Å²) in [6.07, 6.45) is 3.84. The molecule has 1 aromatic heterocycles. The van der Waals surface area contributed by atoms with Crippen LogP contribution in [-0.4, -0.2) is 5.71 Å². The van der Waals surface area contributed by atoms with Gasteiger partial charge < -0.3 is 4.42 Å². The Balaban J connectivity index is 1.92. The second-order valence-corrected chi connectivity index (χ2v) is 8.98. The van der Waals surface area contributed by atoms with Gasteiger partial charge in [-0.3, -0.25) is 4.99 Å². The van der Waals surface area contributed by atoms with E-state index < -0.39 is 0 Å². The molecule has 3 aromatic carbocycles. The summed E-state index contributed by atoms with van der Waals surface area (Å²) >= 11 is 0. The van der Waals surface area contributed by atoms with Crippen molar-refractivity contribution < 1.29 is 4.42 Å². The van der Waals surface area contributed by atoms with Crippen molar-refractivity contribution in [3.8, 4) is 11.1 Å². The van der Waals surface area contributed by atoms with Crippen LogP contribution < -0.4 is 0 Å². The van der Waals surface area contributed by atoms with E-state index in [9.17, 15) is 0 Å². The summed E-state index contributed by atoms with van der Waals surface area (Å²) in [5.41, 5.74) is 8.73. The van der Waals surface area contributed by atoms with Crippen LogP contribution in [0.4, 0.5) is 0 Å². The number of furan rings is 1. The van der Waals surface area contributed by atoms with Crippen molar-refractivity contribution in [3.05, 3.63) is 84.1 Å². The molecule has 2 heteroatoms. The van der Waals surface area contributed by atoms with Crippen molar-refractivity contribution in [1.82, 2.24) is 0 Å². The number of fused-ring (bicyclic) bond motifs is 3. The van der Waals surface area contributed by atoms with E-state index in [0.717, 1.165) is 64.6 Å². The van der Waals surface area contributed by atoms with Crippen molar-refractivity contribution >= 4 is 27.7 Å². The lowest BCUT2D eigenvalue weighted by Crippen LogP contribution is -2.06. The lowest BCUT2D eigenvalue weighted by Gasteiger charge is -2.13. The van der Waals surface area contributed by atoms with E-state index in [-0.39, 0.29) is 0 Å². The van der Waals surface area contributed by atoms with Crippen LogP contribution in [0.2, 0.25) is 0 Å². The maximum atomic E-state index is 6.57. The highest BCUT2D eigenvalue weighted by atomic mass is 16.3. The zero-order valence-corrected chi connectivity index (χ0v) is 19.7. The fourth-order valence-electron chi connectivity index (χ4n) is 4.50. The molecule has 0 aliphatic heterocycles. The van der Waals surface area contributed by atoms with Gasteiger partial charge in [-0.05, 0) is 54.0 Å². The average Bonchev–Trinajstić information content (AvgIpc) is 3.15. The largest absolute Gasteiger partial charge is 0.455 e. The smallest absolute Gasteiger partial charge is 0.144 e. The zero-order chi connectivity index (χ0) is 22.7. The number of aryl methyl sites for hydroxylation is 1. The average molecular weight is 424 g/mol. The van der Waals surface area contributed by atoms with Crippen LogP contribution in [-0.2, 0) is 6.42 Å². The second-order valence-electron chi connectivity index (χ2n) is 8.98. The molecule has 0 radical (unpaired) electrons. The number of aliphatic imine (C=N–C) groups is 1. The van der Waals surface area contributed by atoms with E-state index in [4.69, 9.17) is 9.41 Å². The lowest BCUT2D eigenvalue weighted by molar-refractivity contribution is 0.640. The molecule has 0 fully saturated rings. The van der Waals surface area contributed by atoms with Crippen LogP contribution in [0, 0.1) is 5.92 Å². The Labute approximate surface area is 191 Å². The molecule has 0 bridgehead atoms. The monoisotopic (exact) mass is 423 g/mol. The number of nitrogens with zero attached hydrogens (tertiary/aromatic N) is 1. The van der Waals surface area contributed by atoms with Crippen LogP contribution in [0.25, 0.3) is 33.1 Å². The SMILES string of the molecule is C=C(CC(C)C)/N=C(/CC)c1c(CCC)ccc2c1oc1cc(-c3ccccc3)ccc12. The normalized spacial score (nSPS) is 12.2. The van der Waals surface area contributed by atoms with E-state index in [1.807, 2.05) is 6.07 Å². The molecule has 4 rings (SSSR count). The summed E-state index contributed by atoms with van der Waals surface area (Å²) in [4.78, 5) is 5.00. The molecule has 32 heavy (non-hydrogen) atoms. The van der Waals surface area contributed by atoms with E-state index in [2.05, 4.69) is 88.9 Å². The molecule has 0 saturated carbocycles. The Morgan fingerprint density at radius 2 is 1.69 bits per heavy atom. The van der Waals surface area contributed by atoms with Gasteiger partial charge in [-0.25, -0.2) is 0 Å². The third kappa shape index (κ3) is 4.41. The molecule has 164 valence electrons. The summed E-state index contributed by atoms with van der Waals surface area (Å²) in [6.45, 7) is 13.0. The molecule has 0 amide bonds. The van der Waals surface area contributed by atoms with Crippen molar-refractivity contribution in [2.75, 3.05) is 0 Å². The molecular weight excluding hydrogens is 390 g/mol. The molecule has 0 spiro atoms. The molecule has 2 nitrogen and oxygen atoms in total. The quantitative estimate of drug-likeness (QED) is 0.260. The minimum Gasteiger partial charge on any atom is -0.455 e. The van der Waals surface area contributed by atoms with Gasteiger partial charge >= 0.3 is 0 Å². The summed E-state index contributed by atoms with van der Waals surface area (Å²) in [6, 6.07) is 21.5. The van der Waals surface area contributed by atoms with Crippen LogP contribution >= 0.6 is 0 Å². The molecule has 0 N–H and O–H groups in total. The third-order valence-electron chi connectivity index (χ3n) is 5.91. The van der Waals surface area contributed by atoms with Gasteiger partial charge in [0.05, 0.1) is 5.71 Å². The predicted molar refractivity (Wildman–Crippen MR) is 139 cm³/mol. The first-order chi connectivity index (χ1) is 15.5. The predicted octanol–water partition coefficient (Wildman–Crippen LogP) is 8.96. The van der Waals surface area contributed by atoms with Crippen molar-refractivity contribution in [3.63, 3.8) is 0 Å². The van der Waals surface area contributed by atoms with E-state index in [0.29, 0.717) is 5.92 Å². The van der Waals surface area contributed by atoms with E-state index in [1.165, 1.54) is 16.7 Å². The highest BCUT2D eigenvalue weighted by Gasteiger charge is 2.18. The first kappa shape index (κ1) is 22.1. The molecule has 1 heterocycles. The lowest BCUT2D eigenvalue weighted by atomic mass is 9.94. The van der Waals surface area contributed by atoms with Gasteiger partial charge in [0.15, 0.2) is 0 Å². The van der Waals surface area contributed by atoms with Crippen LogP contribution in [0.3, 0.4) is 0 Å². The van der Waals surface area contributed by atoms with Gasteiger partial charge in [0.2, 0.25) is 0 Å². The molecule has 0 saturated heterocycles. The highest BCUT2D eigenvalue weighted by molar-refractivity contribution is 6.16. The Morgan fingerprint density at radius 1 is 0.938 bits per heavy atom. The van der Waals surface area contributed by atoms with Crippen molar-refractivity contribution in [1.29, 1.82) is 0 Å². The van der Waals surface area contributed by atoms with E-state index >= 15 is 0 Å². The Hall–Kier alpha value is -3.13.